The fourth-order valence-corrected chi connectivity index (χ4v) is 3.93. The summed E-state index contributed by atoms with van der Waals surface area (Å²) in [6.07, 6.45) is 4.76. The van der Waals surface area contributed by atoms with Crippen LogP contribution in [0.2, 0.25) is 0 Å². The van der Waals surface area contributed by atoms with Gasteiger partial charge in [0.2, 0.25) is 0 Å². The average molecular weight is 340 g/mol. The second-order valence-corrected chi connectivity index (χ2v) is 7.14. The van der Waals surface area contributed by atoms with Crippen molar-refractivity contribution >= 4 is 11.7 Å². The summed E-state index contributed by atoms with van der Waals surface area (Å²) in [7, 11) is 1.91. The summed E-state index contributed by atoms with van der Waals surface area (Å²) in [4.78, 5) is 21.7. The van der Waals surface area contributed by atoms with Gasteiger partial charge in [-0.1, -0.05) is 6.07 Å². The Morgan fingerprint density at radius 3 is 2.88 bits per heavy atom. The van der Waals surface area contributed by atoms with E-state index < -0.39 is 0 Å². The van der Waals surface area contributed by atoms with Gasteiger partial charge < -0.3 is 19.1 Å². The molecule has 4 heterocycles. The maximum atomic E-state index is 12.9. The van der Waals surface area contributed by atoms with Gasteiger partial charge in [0.25, 0.3) is 5.91 Å². The maximum Gasteiger partial charge on any atom is 0.270 e. The molecule has 1 unspecified atom stereocenters. The van der Waals surface area contributed by atoms with Gasteiger partial charge in [-0.3, -0.25) is 4.79 Å². The zero-order valence-corrected chi connectivity index (χ0v) is 14.6. The van der Waals surface area contributed by atoms with Gasteiger partial charge in [0.05, 0.1) is 13.2 Å². The highest BCUT2D eigenvalue weighted by Gasteiger charge is 2.42. The van der Waals surface area contributed by atoms with Crippen molar-refractivity contribution in [1.82, 2.24) is 14.5 Å². The van der Waals surface area contributed by atoms with E-state index in [1.807, 2.05) is 59.2 Å². The van der Waals surface area contributed by atoms with E-state index in [0.29, 0.717) is 19.8 Å². The van der Waals surface area contributed by atoms with Crippen LogP contribution in [0.15, 0.2) is 42.7 Å². The topological polar surface area (TPSA) is 50.6 Å². The Kier molecular flexibility index (Phi) is 4.21. The minimum absolute atomic E-state index is 0.0190. The Hall–Kier alpha value is -2.34. The van der Waals surface area contributed by atoms with Crippen molar-refractivity contribution in [2.75, 3.05) is 44.3 Å². The minimum atomic E-state index is -0.0190. The van der Waals surface area contributed by atoms with Gasteiger partial charge in [-0.15, -0.1) is 0 Å². The smallest absolute Gasteiger partial charge is 0.270 e. The molecule has 2 aliphatic heterocycles. The van der Waals surface area contributed by atoms with Gasteiger partial charge in [0.15, 0.2) is 0 Å². The summed E-state index contributed by atoms with van der Waals surface area (Å²) in [5, 5.41) is 0. The van der Waals surface area contributed by atoms with Crippen LogP contribution in [0.4, 0.5) is 5.82 Å². The lowest BCUT2D eigenvalue weighted by Gasteiger charge is -2.32. The number of pyridine rings is 1. The molecule has 1 amide bonds. The molecule has 132 valence electrons. The minimum Gasteiger partial charge on any atom is -0.379 e. The first-order valence-corrected chi connectivity index (χ1v) is 8.81. The van der Waals surface area contributed by atoms with Crippen LogP contribution in [-0.2, 0) is 11.8 Å². The quantitative estimate of drug-likeness (QED) is 0.836. The molecule has 6 nitrogen and oxygen atoms in total. The molecule has 1 spiro atoms. The van der Waals surface area contributed by atoms with E-state index in [-0.39, 0.29) is 11.3 Å². The third kappa shape index (κ3) is 3.14. The number of carbonyl (C=O) groups is 1. The van der Waals surface area contributed by atoms with Crippen LogP contribution < -0.4 is 4.90 Å². The van der Waals surface area contributed by atoms with E-state index in [0.717, 1.165) is 37.6 Å². The van der Waals surface area contributed by atoms with Gasteiger partial charge >= 0.3 is 0 Å². The Labute approximate surface area is 148 Å². The summed E-state index contributed by atoms with van der Waals surface area (Å²) in [6, 6.07) is 9.79. The van der Waals surface area contributed by atoms with Gasteiger partial charge in [-0.25, -0.2) is 4.98 Å². The van der Waals surface area contributed by atoms with Crippen LogP contribution in [0, 0.1) is 5.41 Å². The molecule has 6 heteroatoms. The number of hydrogen-bond acceptors (Lipinski definition) is 4. The normalized spacial score (nSPS) is 23.9. The van der Waals surface area contributed by atoms with Crippen molar-refractivity contribution in [3.63, 3.8) is 0 Å². The van der Waals surface area contributed by atoms with Crippen LogP contribution >= 0.6 is 0 Å². The highest BCUT2D eigenvalue weighted by molar-refractivity contribution is 5.92. The lowest BCUT2D eigenvalue weighted by Crippen LogP contribution is -2.43. The number of carbonyl (C=O) groups excluding carboxylic acids is 1. The van der Waals surface area contributed by atoms with E-state index in [2.05, 4.69) is 9.88 Å². The number of anilines is 1. The predicted octanol–water partition coefficient (Wildman–Crippen LogP) is 1.79. The van der Waals surface area contributed by atoms with E-state index in [9.17, 15) is 4.79 Å². The maximum absolute atomic E-state index is 12.9. The van der Waals surface area contributed by atoms with Crippen molar-refractivity contribution < 1.29 is 9.53 Å². The largest absolute Gasteiger partial charge is 0.379 e. The Morgan fingerprint density at radius 1 is 1.20 bits per heavy atom. The fraction of sp³-hybridized carbons (Fsp3) is 0.474. The Morgan fingerprint density at radius 2 is 2.12 bits per heavy atom. The number of aryl methyl sites for hydroxylation is 1. The zero-order valence-electron chi connectivity index (χ0n) is 14.6. The summed E-state index contributed by atoms with van der Waals surface area (Å²) < 4.78 is 7.78. The average Bonchev–Trinajstić information content (AvgIpc) is 3.18. The van der Waals surface area contributed by atoms with Crippen molar-refractivity contribution in [3.8, 4) is 0 Å². The zero-order chi connectivity index (χ0) is 17.3. The van der Waals surface area contributed by atoms with Crippen LogP contribution in [0.3, 0.4) is 0 Å². The molecule has 0 saturated carbocycles. The first kappa shape index (κ1) is 16.1. The Bertz CT molecular complexity index is 745. The molecule has 1 atom stereocenters. The van der Waals surface area contributed by atoms with Crippen molar-refractivity contribution in [2.45, 2.75) is 6.42 Å². The lowest BCUT2D eigenvalue weighted by atomic mass is 9.87. The highest BCUT2D eigenvalue weighted by Crippen LogP contribution is 2.35. The van der Waals surface area contributed by atoms with Gasteiger partial charge in [-0.2, -0.15) is 0 Å². The van der Waals surface area contributed by atoms with E-state index >= 15 is 0 Å². The SMILES string of the molecule is Cn1cccc1C(=O)N1CCOCC2(CCN(c3ccccn3)C2)C1. The summed E-state index contributed by atoms with van der Waals surface area (Å²) >= 11 is 0. The molecule has 0 aromatic carbocycles. The molecule has 4 rings (SSSR count). The molecule has 2 aromatic heterocycles. The molecule has 0 radical (unpaired) electrons. The number of aromatic nitrogens is 2. The monoisotopic (exact) mass is 340 g/mol. The molecule has 2 aliphatic rings. The predicted molar refractivity (Wildman–Crippen MR) is 95.6 cm³/mol. The van der Waals surface area contributed by atoms with E-state index in [1.165, 1.54) is 0 Å². The van der Waals surface area contributed by atoms with Gasteiger partial charge in [0, 0.05) is 51.0 Å². The molecule has 2 aromatic rings. The Balaban J connectivity index is 1.52. The number of hydrogen-bond donors (Lipinski definition) is 0. The van der Waals surface area contributed by atoms with Crippen LogP contribution in [0.25, 0.3) is 0 Å². The molecular formula is C19H24N4O2. The van der Waals surface area contributed by atoms with Crippen LogP contribution in [0.5, 0.6) is 0 Å². The molecular weight excluding hydrogens is 316 g/mol. The second-order valence-electron chi connectivity index (χ2n) is 7.14. The molecule has 25 heavy (non-hydrogen) atoms. The molecule has 2 saturated heterocycles. The molecule has 0 aliphatic carbocycles. The van der Waals surface area contributed by atoms with Crippen molar-refractivity contribution in [3.05, 3.63) is 48.4 Å². The summed E-state index contributed by atoms with van der Waals surface area (Å²) in [5.74, 6) is 1.09. The van der Waals surface area contributed by atoms with Gasteiger partial charge in [-0.05, 0) is 30.7 Å². The number of rotatable bonds is 2. The number of ether oxygens (including phenoxy) is 1. The molecule has 2 fully saturated rings. The van der Waals surface area contributed by atoms with Gasteiger partial charge in [0.1, 0.15) is 11.5 Å². The summed E-state index contributed by atoms with van der Waals surface area (Å²) in [6.45, 7) is 4.51. The lowest BCUT2D eigenvalue weighted by molar-refractivity contribution is 0.0683. The molecule has 0 bridgehead atoms. The van der Waals surface area contributed by atoms with Crippen molar-refractivity contribution in [2.24, 2.45) is 12.5 Å². The second kappa shape index (κ2) is 6.52. The highest BCUT2D eigenvalue weighted by atomic mass is 16.5. The van der Waals surface area contributed by atoms with Crippen LogP contribution in [0.1, 0.15) is 16.9 Å². The van der Waals surface area contributed by atoms with E-state index in [4.69, 9.17) is 4.74 Å². The number of amides is 1. The number of nitrogens with zero attached hydrogens (tertiary/aromatic N) is 4. The van der Waals surface area contributed by atoms with Crippen molar-refractivity contribution in [1.29, 1.82) is 0 Å². The first-order valence-electron chi connectivity index (χ1n) is 8.81. The van der Waals surface area contributed by atoms with Crippen LogP contribution in [-0.4, -0.2) is 59.8 Å². The molecule has 0 N–H and O–H groups in total. The third-order valence-corrected chi connectivity index (χ3v) is 5.30. The van der Waals surface area contributed by atoms with E-state index in [1.54, 1.807) is 0 Å². The fourth-order valence-electron chi connectivity index (χ4n) is 3.93. The third-order valence-electron chi connectivity index (χ3n) is 5.30. The first-order chi connectivity index (χ1) is 12.2. The summed E-state index contributed by atoms with van der Waals surface area (Å²) in [5.41, 5.74) is 0.714. The standard InChI is InChI=1S/C19H24N4O2/c1-21-9-4-5-16(21)18(24)23-11-12-25-15-19(14-23)7-10-22(13-19)17-6-2-3-8-20-17/h2-6,8-9H,7,10-15H2,1H3.